The van der Waals surface area contributed by atoms with E-state index in [1.54, 1.807) is 5.57 Å². The van der Waals surface area contributed by atoms with E-state index in [9.17, 15) is 0 Å². The van der Waals surface area contributed by atoms with Gasteiger partial charge >= 0.3 is 0 Å². The maximum Gasteiger partial charge on any atom is -0.0287 e. The van der Waals surface area contributed by atoms with E-state index >= 15 is 0 Å². The van der Waals surface area contributed by atoms with Crippen LogP contribution in [0.15, 0.2) is 35.5 Å². The van der Waals surface area contributed by atoms with Crippen LogP contribution in [0.3, 0.4) is 0 Å². The fourth-order valence-corrected chi connectivity index (χ4v) is 1.70. The number of allylic oxidation sites excluding steroid dienone is 6. The number of hydrogen-bond donors (Lipinski definition) is 0. The van der Waals surface area contributed by atoms with Crippen molar-refractivity contribution < 1.29 is 0 Å². The Labute approximate surface area is 109 Å². The van der Waals surface area contributed by atoms with Crippen LogP contribution in [0, 0.1) is 5.92 Å². The highest BCUT2D eigenvalue weighted by Crippen LogP contribution is 2.15. The molecule has 0 aliphatic rings. The van der Waals surface area contributed by atoms with Crippen molar-refractivity contribution in [2.24, 2.45) is 5.92 Å². The molecule has 0 aliphatic heterocycles. The summed E-state index contributed by atoms with van der Waals surface area (Å²) in [5, 5.41) is 0. The van der Waals surface area contributed by atoms with Crippen molar-refractivity contribution in [1.82, 2.24) is 0 Å². The van der Waals surface area contributed by atoms with E-state index in [1.807, 2.05) is 0 Å². The lowest BCUT2D eigenvalue weighted by Gasteiger charge is -2.05. The zero-order chi connectivity index (χ0) is 13.1. The topological polar surface area (TPSA) is 0 Å². The summed E-state index contributed by atoms with van der Waals surface area (Å²) in [6.45, 7) is 11.2. The molecular weight excluding hydrogens is 204 g/mol. The van der Waals surface area contributed by atoms with Gasteiger partial charge in [-0.25, -0.2) is 0 Å². The van der Waals surface area contributed by atoms with Gasteiger partial charge in [0.2, 0.25) is 0 Å². The van der Waals surface area contributed by atoms with Crippen molar-refractivity contribution in [3.05, 3.63) is 35.5 Å². The van der Waals surface area contributed by atoms with Gasteiger partial charge in [0, 0.05) is 0 Å². The summed E-state index contributed by atoms with van der Waals surface area (Å²) in [6, 6.07) is 0. The molecule has 0 aliphatic carbocycles. The molecule has 0 N–H and O–H groups in total. The smallest absolute Gasteiger partial charge is 0.0287 e. The van der Waals surface area contributed by atoms with Crippen LogP contribution in [-0.4, -0.2) is 0 Å². The van der Waals surface area contributed by atoms with E-state index in [0.717, 1.165) is 6.42 Å². The van der Waals surface area contributed by atoms with Gasteiger partial charge in [-0.3, -0.25) is 0 Å². The Morgan fingerprint density at radius 3 is 2.29 bits per heavy atom. The molecule has 0 saturated carbocycles. The second kappa shape index (κ2) is 10.4. The summed E-state index contributed by atoms with van der Waals surface area (Å²) in [4.78, 5) is 0. The van der Waals surface area contributed by atoms with E-state index in [4.69, 9.17) is 0 Å². The van der Waals surface area contributed by atoms with Crippen LogP contribution in [0.5, 0.6) is 0 Å². The van der Waals surface area contributed by atoms with Crippen molar-refractivity contribution in [3.63, 3.8) is 0 Å². The summed E-state index contributed by atoms with van der Waals surface area (Å²) in [7, 11) is 0. The first-order valence-corrected chi connectivity index (χ1v) is 7.21. The zero-order valence-electron chi connectivity index (χ0n) is 12.4. The Hall–Kier alpha value is -0.780. The molecule has 0 fully saturated rings. The first-order chi connectivity index (χ1) is 8.13. The van der Waals surface area contributed by atoms with Gasteiger partial charge in [0.25, 0.3) is 0 Å². The van der Waals surface area contributed by atoms with E-state index in [2.05, 4.69) is 58.9 Å². The van der Waals surface area contributed by atoms with Gasteiger partial charge in [-0.2, -0.15) is 0 Å². The molecule has 0 aromatic heterocycles. The standard InChI is InChI=1S/C17H30/c1-6-9-11-16(8-3)14-17(10-7-2)13-12-15(4)5/h10,12-15H,6-9,11H2,1-5H3. The van der Waals surface area contributed by atoms with Crippen LogP contribution >= 0.6 is 0 Å². The highest BCUT2D eigenvalue weighted by Gasteiger charge is 1.96. The van der Waals surface area contributed by atoms with Gasteiger partial charge in [0.1, 0.15) is 0 Å². The summed E-state index contributed by atoms with van der Waals surface area (Å²) in [5.74, 6) is 0.629. The summed E-state index contributed by atoms with van der Waals surface area (Å²) >= 11 is 0. The van der Waals surface area contributed by atoms with Crippen molar-refractivity contribution >= 4 is 0 Å². The van der Waals surface area contributed by atoms with E-state index in [-0.39, 0.29) is 0 Å². The van der Waals surface area contributed by atoms with E-state index < -0.39 is 0 Å². The number of rotatable bonds is 8. The lowest BCUT2D eigenvalue weighted by molar-refractivity contribution is 0.766. The second-order valence-corrected chi connectivity index (χ2v) is 4.98. The minimum Gasteiger partial charge on any atom is -0.0814 e. The molecule has 0 saturated heterocycles. The molecule has 0 unspecified atom stereocenters. The number of hydrogen-bond acceptors (Lipinski definition) is 0. The molecule has 0 heterocycles. The van der Waals surface area contributed by atoms with Crippen LogP contribution in [-0.2, 0) is 0 Å². The third-order valence-electron chi connectivity index (χ3n) is 2.79. The Bertz CT molecular complexity index is 264. The normalized spacial score (nSPS) is 14.0. The average Bonchev–Trinajstić information content (AvgIpc) is 2.31. The van der Waals surface area contributed by atoms with Gasteiger partial charge in [0.05, 0.1) is 0 Å². The number of unbranched alkanes of at least 4 members (excludes halogenated alkanes) is 1. The third kappa shape index (κ3) is 8.97. The van der Waals surface area contributed by atoms with E-state index in [0.29, 0.717) is 5.92 Å². The van der Waals surface area contributed by atoms with Crippen LogP contribution in [0.1, 0.15) is 66.7 Å². The molecule has 98 valence electrons. The first kappa shape index (κ1) is 16.2. The fraction of sp³-hybridized carbons (Fsp3) is 0.647. The summed E-state index contributed by atoms with van der Waals surface area (Å²) < 4.78 is 0. The minimum atomic E-state index is 0.629. The lowest BCUT2D eigenvalue weighted by Crippen LogP contribution is -1.85. The molecule has 0 radical (unpaired) electrons. The Morgan fingerprint density at radius 2 is 1.82 bits per heavy atom. The second-order valence-electron chi connectivity index (χ2n) is 4.98. The van der Waals surface area contributed by atoms with Crippen molar-refractivity contribution in [3.8, 4) is 0 Å². The Kier molecular flexibility index (Phi) is 9.90. The Morgan fingerprint density at radius 1 is 1.12 bits per heavy atom. The predicted molar refractivity (Wildman–Crippen MR) is 80.3 cm³/mol. The molecule has 0 amide bonds. The minimum absolute atomic E-state index is 0.629. The van der Waals surface area contributed by atoms with Gasteiger partial charge < -0.3 is 0 Å². The molecule has 0 aromatic rings. The summed E-state index contributed by atoms with van der Waals surface area (Å²) in [5.41, 5.74) is 2.97. The van der Waals surface area contributed by atoms with Crippen molar-refractivity contribution in [2.45, 2.75) is 66.7 Å². The van der Waals surface area contributed by atoms with Crippen LogP contribution in [0.25, 0.3) is 0 Å². The molecule has 17 heavy (non-hydrogen) atoms. The van der Waals surface area contributed by atoms with E-state index in [1.165, 1.54) is 31.3 Å². The van der Waals surface area contributed by atoms with Crippen LogP contribution in [0.2, 0.25) is 0 Å². The molecule has 0 aromatic carbocycles. The molecule has 0 atom stereocenters. The molecule has 0 heteroatoms. The van der Waals surface area contributed by atoms with Gasteiger partial charge in [-0.15, -0.1) is 0 Å². The molecule has 0 nitrogen and oxygen atoms in total. The molecule has 0 spiro atoms. The maximum atomic E-state index is 2.39. The molecular formula is C17H30. The third-order valence-corrected chi connectivity index (χ3v) is 2.79. The quantitative estimate of drug-likeness (QED) is 0.448. The predicted octanol–water partition coefficient (Wildman–Crippen LogP) is 6.06. The molecule has 0 rings (SSSR count). The highest BCUT2D eigenvalue weighted by atomic mass is 14.0. The van der Waals surface area contributed by atoms with Crippen LogP contribution < -0.4 is 0 Å². The average molecular weight is 234 g/mol. The van der Waals surface area contributed by atoms with Gasteiger partial charge in [-0.1, -0.05) is 70.9 Å². The molecule has 0 bridgehead atoms. The maximum absolute atomic E-state index is 2.39. The SMILES string of the molecule is CCC=C(C=CC(C)C)C=C(CC)CCCC. The zero-order valence-corrected chi connectivity index (χ0v) is 12.4. The fourth-order valence-electron chi connectivity index (χ4n) is 1.70. The summed E-state index contributed by atoms with van der Waals surface area (Å²) in [6.07, 6.45) is 15.4. The van der Waals surface area contributed by atoms with Gasteiger partial charge in [-0.05, 0) is 37.2 Å². The van der Waals surface area contributed by atoms with Gasteiger partial charge in [0.15, 0.2) is 0 Å². The lowest BCUT2D eigenvalue weighted by atomic mass is 10.0. The highest BCUT2D eigenvalue weighted by molar-refractivity contribution is 5.33. The monoisotopic (exact) mass is 234 g/mol. The van der Waals surface area contributed by atoms with Crippen molar-refractivity contribution in [2.75, 3.05) is 0 Å². The first-order valence-electron chi connectivity index (χ1n) is 7.21. The van der Waals surface area contributed by atoms with Crippen molar-refractivity contribution in [1.29, 1.82) is 0 Å². The largest absolute Gasteiger partial charge is 0.0814 e. The Balaban J connectivity index is 4.69. The van der Waals surface area contributed by atoms with Crippen LogP contribution in [0.4, 0.5) is 0 Å².